The van der Waals surface area contributed by atoms with Crippen molar-refractivity contribution in [3.63, 3.8) is 0 Å². The van der Waals surface area contributed by atoms with Crippen LogP contribution in [0, 0.1) is 6.92 Å². The number of carboxylic acids is 1. The SMILES string of the molecule is Cc1ccc(O)c2c1C(C(=O)O)CS2. The van der Waals surface area contributed by atoms with E-state index in [2.05, 4.69) is 0 Å². The molecule has 14 heavy (non-hydrogen) atoms. The van der Waals surface area contributed by atoms with Crippen LogP contribution in [0.2, 0.25) is 0 Å². The number of aromatic hydroxyl groups is 1. The number of benzene rings is 1. The van der Waals surface area contributed by atoms with Gasteiger partial charge >= 0.3 is 5.97 Å². The van der Waals surface area contributed by atoms with Crippen molar-refractivity contribution in [3.05, 3.63) is 23.3 Å². The molecule has 1 aliphatic rings. The van der Waals surface area contributed by atoms with Crippen LogP contribution in [0.5, 0.6) is 5.75 Å². The lowest BCUT2D eigenvalue weighted by molar-refractivity contribution is -0.138. The summed E-state index contributed by atoms with van der Waals surface area (Å²) in [6.45, 7) is 1.88. The smallest absolute Gasteiger partial charge is 0.311 e. The van der Waals surface area contributed by atoms with E-state index in [0.29, 0.717) is 5.75 Å². The Morgan fingerprint density at radius 1 is 1.57 bits per heavy atom. The Hall–Kier alpha value is -1.16. The molecule has 2 N–H and O–H groups in total. The highest BCUT2D eigenvalue weighted by atomic mass is 32.2. The van der Waals surface area contributed by atoms with E-state index in [0.717, 1.165) is 16.0 Å². The van der Waals surface area contributed by atoms with Crippen LogP contribution in [-0.4, -0.2) is 21.9 Å². The summed E-state index contributed by atoms with van der Waals surface area (Å²) in [6.07, 6.45) is 0. The molecule has 0 fully saturated rings. The number of carboxylic acid groups (broad SMARTS) is 1. The van der Waals surface area contributed by atoms with Crippen molar-refractivity contribution in [2.75, 3.05) is 5.75 Å². The van der Waals surface area contributed by atoms with Crippen LogP contribution in [-0.2, 0) is 4.79 Å². The Labute approximate surface area is 85.8 Å². The van der Waals surface area contributed by atoms with Crippen molar-refractivity contribution in [1.82, 2.24) is 0 Å². The number of rotatable bonds is 1. The number of aliphatic carboxylic acids is 1. The number of aryl methyl sites for hydroxylation is 1. The third-order valence-corrected chi connectivity index (χ3v) is 3.65. The summed E-state index contributed by atoms with van der Waals surface area (Å²) in [5, 5.41) is 18.5. The van der Waals surface area contributed by atoms with Gasteiger partial charge in [-0.05, 0) is 24.1 Å². The summed E-state index contributed by atoms with van der Waals surface area (Å²) in [7, 11) is 0. The molecule has 1 heterocycles. The fourth-order valence-corrected chi connectivity index (χ4v) is 3.03. The Morgan fingerprint density at radius 3 is 2.93 bits per heavy atom. The third-order valence-electron chi connectivity index (χ3n) is 2.43. The summed E-state index contributed by atoms with van der Waals surface area (Å²) in [5.41, 5.74) is 1.72. The van der Waals surface area contributed by atoms with Crippen LogP contribution < -0.4 is 0 Å². The van der Waals surface area contributed by atoms with Crippen LogP contribution in [0.1, 0.15) is 17.0 Å². The second-order valence-electron chi connectivity index (χ2n) is 3.35. The molecule has 0 spiro atoms. The largest absolute Gasteiger partial charge is 0.507 e. The van der Waals surface area contributed by atoms with Gasteiger partial charge in [0.15, 0.2) is 0 Å². The van der Waals surface area contributed by atoms with Crippen molar-refractivity contribution in [3.8, 4) is 5.75 Å². The van der Waals surface area contributed by atoms with Gasteiger partial charge in [0.2, 0.25) is 0 Å². The van der Waals surface area contributed by atoms with E-state index in [4.69, 9.17) is 5.11 Å². The minimum Gasteiger partial charge on any atom is -0.507 e. The zero-order chi connectivity index (χ0) is 10.3. The van der Waals surface area contributed by atoms with Gasteiger partial charge in [0.1, 0.15) is 5.75 Å². The summed E-state index contributed by atoms with van der Waals surface area (Å²) in [4.78, 5) is 11.7. The molecule has 1 aromatic carbocycles. The van der Waals surface area contributed by atoms with E-state index in [1.807, 2.05) is 6.92 Å². The number of hydrogen-bond donors (Lipinski definition) is 2. The molecule has 0 bridgehead atoms. The van der Waals surface area contributed by atoms with Crippen LogP contribution in [0.4, 0.5) is 0 Å². The first-order valence-electron chi connectivity index (χ1n) is 4.29. The van der Waals surface area contributed by atoms with Crippen LogP contribution in [0.3, 0.4) is 0 Å². The van der Waals surface area contributed by atoms with Crippen LogP contribution in [0.25, 0.3) is 0 Å². The molecule has 74 valence electrons. The molecule has 0 saturated heterocycles. The number of thioether (sulfide) groups is 1. The number of phenols is 1. The first kappa shape index (κ1) is 9.40. The van der Waals surface area contributed by atoms with E-state index < -0.39 is 11.9 Å². The molecule has 2 rings (SSSR count). The third kappa shape index (κ3) is 1.26. The van der Waals surface area contributed by atoms with E-state index >= 15 is 0 Å². The second-order valence-corrected chi connectivity index (χ2v) is 4.38. The Morgan fingerprint density at radius 2 is 2.29 bits per heavy atom. The number of fused-ring (bicyclic) bond motifs is 1. The molecular weight excluding hydrogens is 200 g/mol. The molecular formula is C10H10O3S. The van der Waals surface area contributed by atoms with E-state index in [9.17, 15) is 9.90 Å². The molecule has 0 saturated carbocycles. The number of phenolic OH excluding ortho intramolecular Hbond substituents is 1. The molecule has 3 nitrogen and oxygen atoms in total. The first-order chi connectivity index (χ1) is 6.61. The minimum atomic E-state index is -0.815. The quantitative estimate of drug-likeness (QED) is 0.744. The van der Waals surface area contributed by atoms with Gasteiger partial charge in [-0.25, -0.2) is 0 Å². The Bertz CT molecular complexity index is 401. The second kappa shape index (κ2) is 3.20. The minimum absolute atomic E-state index is 0.194. The van der Waals surface area contributed by atoms with E-state index in [-0.39, 0.29) is 5.75 Å². The normalized spacial score (nSPS) is 19.4. The maximum Gasteiger partial charge on any atom is 0.311 e. The zero-order valence-corrected chi connectivity index (χ0v) is 8.47. The van der Waals surface area contributed by atoms with Crippen molar-refractivity contribution in [2.24, 2.45) is 0 Å². The van der Waals surface area contributed by atoms with Gasteiger partial charge in [-0.15, -0.1) is 11.8 Å². The van der Waals surface area contributed by atoms with Gasteiger partial charge in [-0.1, -0.05) is 6.07 Å². The maximum atomic E-state index is 10.9. The lowest BCUT2D eigenvalue weighted by Crippen LogP contribution is -2.11. The van der Waals surface area contributed by atoms with E-state index in [1.54, 1.807) is 12.1 Å². The molecule has 1 aliphatic heterocycles. The van der Waals surface area contributed by atoms with Crippen LogP contribution in [0.15, 0.2) is 17.0 Å². The molecule has 0 aromatic heterocycles. The van der Waals surface area contributed by atoms with Crippen molar-refractivity contribution >= 4 is 17.7 Å². The highest BCUT2D eigenvalue weighted by molar-refractivity contribution is 7.99. The Balaban J connectivity index is 2.58. The molecule has 0 radical (unpaired) electrons. The van der Waals surface area contributed by atoms with Gasteiger partial charge in [-0.3, -0.25) is 4.79 Å². The predicted molar refractivity (Wildman–Crippen MR) is 53.9 cm³/mol. The zero-order valence-electron chi connectivity index (χ0n) is 7.65. The lowest BCUT2D eigenvalue weighted by Gasteiger charge is -2.08. The fourth-order valence-electron chi connectivity index (χ4n) is 1.72. The topological polar surface area (TPSA) is 57.5 Å². The van der Waals surface area contributed by atoms with Gasteiger partial charge in [0, 0.05) is 5.75 Å². The molecule has 1 aromatic rings. The number of hydrogen-bond acceptors (Lipinski definition) is 3. The van der Waals surface area contributed by atoms with Crippen molar-refractivity contribution in [2.45, 2.75) is 17.7 Å². The molecule has 0 aliphatic carbocycles. The highest BCUT2D eigenvalue weighted by Crippen LogP contribution is 2.46. The summed E-state index contributed by atoms with van der Waals surface area (Å²) in [6, 6.07) is 3.38. The average Bonchev–Trinajstić information content (AvgIpc) is 2.56. The lowest BCUT2D eigenvalue weighted by atomic mass is 9.96. The Kier molecular flexibility index (Phi) is 2.15. The standard InChI is InChI=1S/C10H10O3S/c1-5-2-3-7(11)9-8(5)6(4-14-9)10(12)13/h2-3,6,11H,4H2,1H3,(H,12,13). The van der Waals surface area contributed by atoms with Gasteiger partial charge < -0.3 is 10.2 Å². The highest BCUT2D eigenvalue weighted by Gasteiger charge is 2.32. The monoisotopic (exact) mass is 210 g/mol. The van der Waals surface area contributed by atoms with Crippen molar-refractivity contribution in [1.29, 1.82) is 0 Å². The van der Waals surface area contributed by atoms with E-state index in [1.165, 1.54) is 11.8 Å². The molecule has 0 amide bonds. The average molecular weight is 210 g/mol. The maximum absolute atomic E-state index is 10.9. The summed E-state index contributed by atoms with van der Waals surface area (Å²) < 4.78 is 0. The molecule has 1 atom stereocenters. The predicted octanol–water partition coefficient (Wildman–Crippen LogP) is 1.97. The molecule has 4 heteroatoms. The van der Waals surface area contributed by atoms with Crippen LogP contribution >= 0.6 is 11.8 Å². The number of carbonyl (C=O) groups is 1. The van der Waals surface area contributed by atoms with Gasteiger partial charge in [-0.2, -0.15) is 0 Å². The van der Waals surface area contributed by atoms with Gasteiger partial charge in [0.05, 0.1) is 10.8 Å². The molecule has 1 unspecified atom stereocenters. The first-order valence-corrected chi connectivity index (χ1v) is 5.28. The fraction of sp³-hybridized carbons (Fsp3) is 0.300. The van der Waals surface area contributed by atoms with Crippen molar-refractivity contribution < 1.29 is 15.0 Å². The van der Waals surface area contributed by atoms with Gasteiger partial charge in [0.25, 0.3) is 0 Å². The summed E-state index contributed by atoms with van der Waals surface area (Å²) in [5.74, 6) is -0.574. The summed E-state index contributed by atoms with van der Waals surface area (Å²) >= 11 is 1.41.